The van der Waals surface area contributed by atoms with Crippen molar-refractivity contribution < 1.29 is 19.5 Å². The van der Waals surface area contributed by atoms with E-state index in [1.54, 1.807) is 41.5 Å². The molecule has 0 atom stereocenters. The number of amides is 3. The van der Waals surface area contributed by atoms with Gasteiger partial charge in [0.25, 0.3) is 0 Å². The van der Waals surface area contributed by atoms with E-state index < -0.39 is 29.0 Å². The van der Waals surface area contributed by atoms with Gasteiger partial charge >= 0.3 is 12.0 Å². The molecule has 0 bridgehead atoms. The zero-order valence-electron chi connectivity index (χ0n) is 13.0. The maximum Gasteiger partial charge on any atom is 0.321 e. The smallest absolute Gasteiger partial charge is 0.321 e. The van der Waals surface area contributed by atoms with Crippen LogP contribution < -0.4 is 10.6 Å². The summed E-state index contributed by atoms with van der Waals surface area (Å²) in [6, 6.07) is -0.591. The topological polar surface area (TPSA) is 98.7 Å². The molecule has 0 fully saturated rings. The third-order valence-electron chi connectivity index (χ3n) is 2.35. The lowest BCUT2D eigenvalue weighted by Crippen LogP contribution is -2.53. The van der Waals surface area contributed by atoms with Crippen molar-refractivity contribution in [2.24, 2.45) is 0 Å². The molecule has 0 aromatic carbocycles. The van der Waals surface area contributed by atoms with Crippen molar-refractivity contribution in [1.29, 1.82) is 0 Å². The van der Waals surface area contributed by atoms with Crippen LogP contribution in [0.2, 0.25) is 0 Å². The van der Waals surface area contributed by atoms with Crippen LogP contribution in [0.1, 0.15) is 41.5 Å². The van der Waals surface area contributed by atoms with E-state index >= 15 is 0 Å². The average Bonchev–Trinajstić information content (AvgIpc) is 2.10. The van der Waals surface area contributed by atoms with Crippen molar-refractivity contribution in [2.75, 3.05) is 13.1 Å². The Hall–Kier alpha value is -1.63. The standard InChI is InChI=1S/C13H25N3O4/c1-12(2,3)15-11(20)14-9(17)7-16(8-10(18)19)13(4,5)6/h7-8H2,1-6H3,(H,18,19)(H2,14,15,17,20). The highest BCUT2D eigenvalue weighted by molar-refractivity contribution is 5.95. The van der Waals surface area contributed by atoms with Crippen molar-refractivity contribution >= 4 is 17.9 Å². The number of urea groups is 1. The summed E-state index contributed by atoms with van der Waals surface area (Å²) in [5.74, 6) is -1.56. The van der Waals surface area contributed by atoms with Gasteiger partial charge in [-0.1, -0.05) is 0 Å². The third-order valence-corrected chi connectivity index (χ3v) is 2.35. The Bertz CT molecular complexity index is 380. The predicted molar refractivity (Wildman–Crippen MR) is 75.4 cm³/mol. The van der Waals surface area contributed by atoms with Crippen LogP contribution in [-0.2, 0) is 9.59 Å². The fourth-order valence-electron chi connectivity index (χ4n) is 1.40. The monoisotopic (exact) mass is 287 g/mol. The number of carbonyl (C=O) groups excluding carboxylic acids is 2. The Balaban J connectivity index is 4.55. The fourth-order valence-corrected chi connectivity index (χ4v) is 1.40. The van der Waals surface area contributed by atoms with Gasteiger partial charge in [0, 0.05) is 11.1 Å². The van der Waals surface area contributed by atoms with Gasteiger partial charge in [0.05, 0.1) is 13.1 Å². The van der Waals surface area contributed by atoms with Crippen molar-refractivity contribution in [3.05, 3.63) is 0 Å². The summed E-state index contributed by atoms with van der Waals surface area (Å²) in [5, 5.41) is 13.6. The molecule has 0 unspecified atom stereocenters. The van der Waals surface area contributed by atoms with Gasteiger partial charge in [-0.25, -0.2) is 4.79 Å². The van der Waals surface area contributed by atoms with Crippen LogP contribution >= 0.6 is 0 Å². The number of hydrogen-bond donors (Lipinski definition) is 3. The molecule has 0 spiro atoms. The van der Waals surface area contributed by atoms with E-state index in [1.165, 1.54) is 4.90 Å². The molecule has 0 aliphatic rings. The summed E-state index contributed by atoms with van der Waals surface area (Å²) in [4.78, 5) is 35.6. The molecule has 3 amide bonds. The largest absolute Gasteiger partial charge is 0.480 e. The molecular weight excluding hydrogens is 262 g/mol. The molecule has 0 aromatic rings. The second-order valence-electron chi connectivity index (χ2n) is 6.67. The van der Waals surface area contributed by atoms with Crippen molar-refractivity contribution in [2.45, 2.75) is 52.6 Å². The first-order valence-electron chi connectivity index (χ1n) is 6.40. The van der Waals surface area contributed by atoms with E-state index in [1.807, 2.05) is 0 Å². The number of nitrogens with one attached hydrogen (secondary N) is 2. The second-order valence-corrected chi connectivity index (χ2v) is 6.67. The summed E-state index contributed by atoms with van der Waals surface area (Å²) in [6.45, 7) is 10.4. The van der Waals surface area contributed by atoms with Crippen molar-refractivity contribution in [1.82, 2.24) is 15.5 Å². The minimum Gasteiger partial charge on any atom is -0.480 e. The molecule has 0 aromatic heterocycles. The second kappa shape index (κ2) is 6.69. The number of hydrogen-bond acceptors (Lipinski definition) is 4. The summed E-state index contributed by atoms with van der Waals surface area (Å²) >= 11 is 0. The molecule has 7 heteroatoms. The molecule has 0 heterocycles. The van der Waals surface area contributed by atoms with E-state index in [9.17, 15) is 14.4 Å². The summed E-state index contributed by atoms with van der Waals surface area (Å²) in [7, 11) is 0. The number of aliphatic carboxylic acids is 1. The Labute approximate surface area is 119 Å². The SMILES string of the molecule is CC(C)(C)NC(=O)NC(=O)CN(CC(=O)O)C(C)(C)C. The maximum absolute atomic E-state index is 11.8. The number of rotatable bonds is 4. The van der Waals surface area contributed by atoms with E-state index in [0.717, 1.165) is 0 Å². The van der Waals surface area contributed by atoms with Crippen molar-refractivity contribution in [3.63, 3.8) is 0 Å². The van der Waals surface area contributed by atoms with E-state index in [4.69, 9.17) is 5.11 Å². The third kappa shape index (κ3) is 8.47. The molecule has 0 saturated heterocycles. The van der Waals surface area contributed by atoms with Crippen LogP contribution in [0.5, 0.6) is 0 Å². The van der Waals surface area contributed by atoms with E-state index in [0.29, 0.717) is 0 Å². The zero-order valence-corrected chi connectivity index (χ0v) is 13.0. The highest BCUT2D eigenvalue weighted by Gasteiger charge is 2.26. The van der Waals surface area contributed by atoms with Crippen LogP contribution in [-0.4, -0.2) is 52.1 Å². The number of nitrogens with zero attached hydrogens (tertiary/aromatic N) is 1. The van der Waals surface area contributed by atoms with E-state index in [-0.39, 0.29) is 13.1 Å². The lowest BCUT2D eigenvalue weighted by atomic mass is 10.1. The van der Waals surface area contributed by atoms with Gasteiger partial charge in [0.15, 0.2) is 0 Å². The molecule has 116 valence electrons. The molecule has 0 saturated carbocycles. The first kappa shape index (κ1) is 18.4. The quantitative estimate of drug-likeness (QED) is 0.710. The van der Waals surface area contributed by atoms with Gasteiger partial charge in [-0.3, -0.25) is 19.8 Å². The van der Waals surface area contributed by atoms with Crippen LogP contribution in [0.15, 0.2) is 0 Å². The number of carboxylic acid groups (broad SMARTS) is 1. The highest BCUT2D eigenvalue weighted by atomic mass is 16.4. The van der Waals surface area contributed by atoms with E-state index in [2.05, 4.69) is 10.6 Å². The minimum atomic E-state index is -1.02. The Morgan fingerprint density at radius 1 is 1.00 bits per heavy atom. The number of carboxylic acids is 1. The molecule has 0 radical (unpaired) electrons. The fraction of sp³-hybridized carbons (Fsp3) is 0.769. The predicted octanol–water partition coefficient (Wildman–Crippen LogP) is 0.796. The lowest BCUT2D eigenvalue weighted by molar-refractivity contribution is -0.140. The molecule has 0 rings (SSSR count). The highest BCUT2D eigenvalue weighted by Crippen LogP contribution is 2.12. The molecule has 3 N–H and O–H groups in total. The zero-order chi connectivity index (χ0) is 16.1. The van der Waals surface area contributed by atoms with Gasteiger partial charge < -0.3 is 10.4 Å². The molecule has 0 aliphatic carbocycles. The Morgan fingerprint density at radius 3 is 1.85 bits per heavy atom. The van der Waals surface area contributed by atoms with Crippen LogP contribution in [0.4, 0.5) is 4.79 Å². The number of imide groups is 1. The molecule has 20 heavy (non-hydrogen) atoms. The van der Waals surface area contributed by atoms with Gasteiger partial charge in [-0.05, 0) is 41.5 Å². The van der Waals surface area contributed by atoms with Crippen LogP contribution in [0, 0.1) is 0 Å². The molecule has 7 nitrogen and oxygen atoms in total. The summed E-state index contributed by atoms with van der Waals surface area (Å²) < 4.78 is 0. The maximum atomic E-state index is 11.8. The first-order valence-corrected chi connectivity index (χ1v) is 6.40. The van der Waals surface area contributed by atoms with Gasteiger partial charge in [0.1, 0.15) is 0 Å². The first-order chi connectivity index (χ1) is 8.81. The lowest BCUT2D eigenvalue weighted by Gasteiger charge is -2.33. The minimum absolute atomic E-state index is 0.159. The average molecular weight is 287 g/mol. The number of carbonyl (C=O) groups is 3. The normalized spacial score (nSPS) is 12.2. The van der Waals surface area contributed by atoms with Gasteiger partial charge in [-0.2, -0.15) is 0 Å². The van der Waals surface area contributed by atoms with Gasteiger partial charge in [0.2, 0.25) is 5.91 Å². The Kier molecular flexibility index (Phi) is 6.15. The van der Waals surface area contributed by atoms with Crippen molar-refractivity contribution in [3.8, 4) is 0 Å². The molecular formula is C13H25N3O4. The Morgan fingerprint density at radius 2 is 1.50 bits per heavy atom. The van der Waals surface area contributed by atoms with Gasteiger partial charge in [-0.15, -0.1) is 0 Å². The van der Waals surface area contributed by atoms with Crippen LogP contribution in [0.3, 0.4) is 0 Å². The molecule has 0 aliphatic heterocycles. The summed E-state index contributed by atoms with van der Waals surface area (Å²) in [6.07, 6.45) is 0. The summed E-state index contributed by atoms with van der Waals surface area (Å²) in [5.41, 5.74) is -0.939. The van der Waals surface area contributed by atoms with Crippen LogP contribution in [0.25, 0.3) is 0 Å².